The van der Waals surface area contributed by atoms with E-state index in [9.17, 15) is 13.6 Å². The summed E-state index contributed by atoms with van der Waals surface area (Å²) in [6.45, 7) is 9.14. The third-order valence-corrected chi connectivity index (χ3v) is 6.48. The van der Waals surface area contributed by atoms with Gasteiger partial charge in [0.15, 0.2) is 0 Å². The molecular formula is C28H40F2N2O. The Labute approximate surface area is 198 Å². The highest BCUT2D eigenvalue weighted by Crippen LogP contribution is 2.38. The lowest BCUT2D eigenvalue weighted by molar-refractivity contribution is -0.110. The molecule has 2 N–H and O–H groups in total. The van der Waals surface area contributed by atoms with E-state index in [1.54, 1.807) is 0 Å². The van der Waals surface area contributed by atoms with Crippen molar-refractivity contribution in [1.82, 2.24) is 10.6 Å². The quantitative estimate of drug-likeness (QED) is 0.393. The van der Waals surface area contributed by atoms with Gasteiger partial charge in [-0.15, -0.1) is 0 Å². The fourth-order valence-corrected chi connectivity index (χ4v) is 4.76. The number of hydrogen-bond acceptors (Lipinski definition) is 2. The Bertz CT molecular complexity index is 842. The summed E-state index contributed by atoms with van der Waals surface area (Å²) in [6, 6.07) is 12.2. The fraction of sp³-hybridized carbons (Fsp3) is 0.536. The fourth-order valence-electron chi connectivity index (χ4n) is 4.76. The molecule has 0 unspecified atom stereocenters. The molecule has 0 spiro atoms. The highest BCUT2D eigenvalue weighted by atomic mass is 19.1. The molecule has 1 aliphatic carbocycles. The van der Waals surface area contributed by atoms with Crippen LogP contribution in [0, 0.1) is 11.6 Å². The molecule has 0 aromatic heterocycles. The Hall–Kier alpha value is -2.27. The van der Waals surface area contributed by atoms with Crippen LogP contribution < -0.4 is 10.6 Å². The summed E-state index contributed by atoms with van der Waals surface area (Å²) < 4.78 is 27.1. The zero-order chi connectivity index (χ0) is 24.3. The number of benzene rings is 2. The standard InChI is InChI=1S/C26H34F2N2O.C2H6/c1-19(2)21-7-6-8-22(16-21)26(10-4-3-5-11-26)30-12-9-25(29-18-31)15-20-13-23(27)17-24(28)14-20;1-2/h6-8,13-14,16-19,25,30H,3-5,9-12,15H2,1-2H3,(H,29,31);1-2H3/t25-;/m1./s1. The van der Waals surface area contributed by atoms with Gasteiger partial charge in [-0.2, -0.15) is 0 Å². The van der Waals surface area contributed by atoms with E-state index >= 15 is 0 Å². The highest BCUT2D eigenvalue weighted by Gasteiger charge is 2.33. The van der Waals surface area contributed by atoms with E-state index in [2.05, 4.69) is 48.7 Å². The lowest BCUT2D eigenvalue weighted by atomic mass is 9.75. The number of amides is 1. The summed E-state index contributed by atoms with van der Waals surface area (Å²) in [5, 5.41) is 6.63. The molecule has 33 heavy (non-hydrogen) atoms. The van der Waals surface area contributed by atoms with Crippen LogP contribution in [0.5, 0.6) is 0 Å². The van der Waals surface area contributed by atoms with Crippen LogP contribution >= 0.6 is 0 Å². The maximum Gasteiger partial charge on any atom is 0.207 e. The van der Waals surface area contributed by atoms with Crippen molar-refractivity contribution in [2.75, 3.05) is 6.54 Å². The molecule has 182 valence electrons. The third-order valence-electron chi connectivity index (χ3n) is 6.48. The number of carbonyl (C=O) groups excluding carboxylic acids is 1. The molecule has 2 aromatic carbocycles. The Morgan fingerprint density at radius 2 is 1.67 bits per heavy atom. The number of hydrogen-bond donors (Lipinski definition) is 2. The van der Waals surface area contributed by atoms with Gasteiger partial charge >= 0.3 is 0 Å². The molecule has 1 amide bonds. The molecule has 0 bridgehead atoms. The van der Waals surface area contributed by atoms with Gasteiger partial charge in [-0.1, -0.05) is 71.2 Å². The van der Waals surface area contributed by atoms with Crippen LogP contribution in [0.15, 0.2) is 42.5 Å². The predicted molar refractivity (Wildman–Crippen MR) is 132 cm³/mol. The van der Waals surface area contributed by atoms with E-state index in [1.165, 1.54) is 42.5 Å². The third kappa shape index (κ3) is 7.92. The van der Waals surface area contributed by atoms with Crippen molar-refractivity contribution in [3.8, 4) is 0 Å². The zero-order valence-corrected chi connectivity index (χ0v) is 20.6. The van der Waals surface area contributed by atoms with E-state index in [1.807, 2.05) is 13.8 Å². The largest absolute Gasteiger partial charge is 0.356 e. The van der Waals surface area contributed by atoms with Crippen LogP contribution in [0.2, 0.25) is 0 Å². The Kier molecular flexibility index (Phi) is 11.0. The van der Waals surface area contributed by atoms with Gasteiger partial charge in [-0.25, -0.2) is 8.78 Å². The second-order valence-electron chi connectivity index (χ2n) is 9.10. The first-order valence-corrected chi connectivity index (χ1v) is 12.4. The van der Waals surface area contributed by atoms with Crippen LogP contribution in [0.3, 0.4) is 0 Å². The van der Waals surface area contributed by atoms with Crippen molar-refractivity contribution >= 4 is 6.41 Å². The number of nitrogens with one attached hydrogen (secondary N) is 2. The highest BCUT2D eigenvalue weighted by molar-refractivity contribution is 5.46. The maximum atomic E-state index is 13.5. The van der Waals surface area contributed by atoms with Crippen molar-refractivity contribution in [3.05, 3.63) is 70.8 Å². The van der Waals surface area contributed by atoms with E-state index in [-0.39, 0.29) is 11.6 Å². The summed E-state index contributed by atoms with van der Waals surface area (Å²) in [7, 11) is 0. The van der Waals surface area contributed by atoms with Crippen LogP contribution in [-0.2, 0) is 16.8 Å². The SMILES string of the molecule is CC.CC(C)c1cccc(C2(NCC[C@H](Cc3cc(F)cc(F)c3)NC=O)CCCCC2)c1. The van der Waals surface area contributed by atoms with E-state index < -0.39 is 11.6 Å². The Morgan fingerprint density at radius 3 is 2.27 bits per heavy atom. The lowest BCUT2D eigenvalue weighted by Crippen LogP contribution is -2.46. The number of rotatable bonds is 10. The van der Waals surface area contributed by atoms with Crippen LogP contribution in [0.4, 0.5) is 8.78 Å². The molecule has 0 saturated heterocycles. The number of halogens is 2. The van der Waals surface area contributed by atoms with Crippen LogP contribution in [-0.4, -0.2) is 19.0 Å². The normalized spacial score (nSPS) is 16.0. The molecule has 1 aliphatic rings. The van der Waals surface area contributed by atoms with Gasteiger partial charge in [-0.3, -0.25) is 4.79 Å². The first kappa shape index (κ1) is 27.0. The van der Waals surface area contributed by atoms with Crippen LogP contribution in [0.1, 0.15) is 88.8 Å². The average molecular weight is 459 g/mol. The van der Waals surface area contributed by atoms with Gasteiger partial charge in [0, 0.05) is 17.6 Å². The van der Waals surface area contributed by atoms with Crippen LogP contribution in [0.25, 0.3) is 0 Å². The minimum atomic E-state index is -0.593. The number of carbonyl (C=O) groups is 1. The smallest absolute Gasteiger partial charge is 0.207 e. The molecule has 1 atom stereocenters. The van der Waals surface area contributed by atoms with Gasteiger partial charge in [0.25, 0.3) is 0 Å². The molecule has 1 saturated carbocycles. The average Bonchev–Trinajstić information content (AvgIpc) is 2.80. The summed E-state index contributed by atoms with van der Waals surface area (Å²) >= 11 is 0. The molecule has 0 aliphatic heterocycles. The molecule has 3 rings (SSSR count). The molecule has 0 heterocycles. The summed E-state index contributed by atoms with van der Waals surface area (Å²) in [6.07, 6.45) is 7.57. The summed E-state index contributed by atoms with van der Waals surface area (Å²) in [4.78, 5) is 11.1. The second kappa shape index (κ2) is 13.4. The molecular weight excluding hydrogens is 418 g/mol. The van der Waals surface area contributed by atoms with E-state index in [4.69, 9.17) is 0 Å². The van der Waals surface area contributed by atoms with Gasteiger partial charge in [0.05, 0.1) is 0 Å². The van der Waals surface area contributed by atoms with Crippen molar-refractivity contribution in [3.63, 3.8) is 0 Å². The first-order chi connectivity index (χ1) is 15.9. The van der Waals surface area contributed by atoms with Crippen molar-refractivity contribution < 1.29 is 13.6 Å². The molecule has 0 radical (unpaired) electrons. The van der Waals surface area contributed by atoms with E-state index in [0.29, 0.717) is 30.7 Å². The monoisotopic (exact) mass is 458 g/mol. The Morgan fingerprint density at radius 1 is 1.00 bits per heavy atom. The van der Waals surface area contributed by atoms with E-state index in [0.717, 1.165) is 25.5 Å². The zero-order valence-electron chi connectivity index (χ0n) is 20.6. The molecule has 1 fully saturated rings. The predicted octanol–water partition coefficient (Wildman–Crippen LogP) is 6.61. The first-order valence-electron chi connectivity index (χ1n) is 12.4. The van der Waals surface area contributed by atoms with Gasteiger partial charge in [0.2, 0.25) is 6.41 Å². The summed E-state index contributed by atoms with van der Waals surface area (Å²) in [5.41, 5.74) is 3.18. The minimum absolute atomic E-state index is 0.0557. The van der Waals surface area contributed by atoms with Crippen molar-refractivity contribution in [2.24, 2.45) is 0 Å². The van der Waals surface area contributed by atoms with Gasteiger partial charge < -0.3 is 10.6 Å². The maximum absolute atomic E-state index is 13.5. The topological polar surface area (TPSA) is 41.1 Å². The van der Waals surface area contributed by atoms with Crippen molar-refractivity contribution in [1.29, 1.82) is 0 Å². The lowest BCUT2D eigenvalue weighted by Gasteiger charge is -2.40. The molecule has 5 heteroatoms. The Balaban J connectivity index is 0.00000187. The summed E-state index contributed by atoms with van der Waals surface area (Å²) in [5.74, 6) is -0.707. The van der Waals surface area contributed by atoms with Gasteiger partial charge in [-0.05, 0) is 67.0 Å². The van der Waals surface area contributed by atoms with Crippen molar-refractivity contribution in [2.45, 2.75) is 90.1 Å². The second-order valence-corrected chi connectivity index (χ2v) is 9.10. The molecule has 2 aromatic rings. The minimum Gasteiger partial charge on any atom is -0.356 e. The van der Waals surface area contributed by atoms with Gasteiger partial charge in [0.1, 0.15) is 11.6 Å². The molecule has 3 nitrogen and oxygen atoms in total.